The van der Waals surface area contributed by atoms with Crippen molar-refractivity contribution in [3.63, 3.8) is 0 Å². The van der Waals surface area contributed by atoms with E-state index in [2.05, 4.69) is 65.1 Å². The number of halogens is 2. The van der Waals surface area contributed by atoms with Crippen LogP contribution in [0.5, 0.6) is 0 Å². The first-order valence-electron chi connectivity index (χ1n) is 7.12. The van der Waals surface area contributed by atoms with Crippen LogP contribution in [0.15, 0.2) is 18.2 Å². The molecule has 1 aromatic heterocycles. The zero-order chi connectivity index (χ0) is 15.6. The van der Waals surface area contributed by atoms with Crippen molar-refractivity contribution in [1.82, 2.24) is 15.1 Å². The first-order chi connectivity index (χ1) is 9.99. The highest BCUT2D eigenvalue weighted by atomic mass is 127. The van der Waals surface area contributed by atoms with Gasteiger partial charge >= 0.3 is 0 Å². The lowest BCUT2D eigenvalue weighted by molar-refractivity contribution is 0.559. The summed E-state index contributed by atoms with van der Waals surface area (Å²) in [5, 5.41) is 8.73. The number of benzene rings is 1. The van der Waals surface area contributed by atoms with Gasteiger partial charge in [-0.1, -0.05) is 36.7 Å². The van der Waals surface area contributed by atoms with Crippen LogP contribution in [0.4, 0.5) is 0 Å². The Kier molecular flexibility index (Phi) is 5.68. The Labute approximate surface area is 145 Å². The average Bonchev–Trinajstić information content (AvgIpc) is 2.74. The molecule has 0 fully saturated rings. The predicted molar refractivity (Wildman–Crippen MR) is 97.0 cm³/mol. The van der Waals surface area contributed by atoms with E-state index in [-0.39, 0.29) is 6.04 Å². The van der Waals surface area contributed by atoms with Gasteiger partial charge < -0.3 is 5.32 Å². The van der Waals surface area contributed by atoms with E-state index in [0.29, 0.717) is 0 Å². The first kappa shape index (κ1) is 16.8. The van der Waals surface area contributed by atoms with Crippen molar-refractivity contribution in [1.29, 1.82) is 0 Å². The Hall–Kier alpha value is -0.590. The molecule has 1 heterocycles. The lowest BCUT2D eigenvalue weighted by Crippen LogP contribution is -2.21. The summed E-state index contributed by atoms with van der Waals surface area (Å²) in [6.45, 7) is 4.22. The number of nitrogens with zero attached hydrogens (tertiary/aromatic N) is 2. The molecule has 0 radical (unpaired) electrons. The van der Waals surface area contributed by atoms with Gasteiger partial charge in [0.15, 0.2) is 0 Å². The van der Waals surface area contributed by atoms with Gasteiger partial charge in [0.25, 0.3) is 0 Å². The van der Waals surface area contributed by atoms with Crippen LogP contribution in [-0.2, 0) is 19.9 Å². The molecule has 2 aromatic rings. The lowest BCUT2D eigenvalue weighted by Gasteiger charge is -2.19. The average molecular weight is 418 g/mol. The molecule has 5 heteroatoms. The Balaban J connectivity index is 2.36. The van der Waals surface area contributed by atoms with Crippen molar-refractivity contribution >= 4 is 34.2 Å². The van der Waals surface area contributed by atoms with E-state index in [0.717, 1.165) is 29.3 Å². The molecule has 0 aliphatic carbocycles. The lowest BCUT2D eigenvalue weighted by atomic mass is 10.00. The van der Waals surface area contributed by atoms with Gasteiger partial charge in [0, 0.05) is 23.1 Å². The Morgan fingerprint density at radius 1 is 1.43 bits per heavy atom. The monoisotopic (exact) mass is 417 g/mol. The van der Waals surface area contributed by atoms with Gasteiger partial charge in [0.05, 0.1) is 16.4 Å². The summed E-state index contributed by atoms with van der Waals surface area (Å²) in [5.41, 5.74) is 4.68. The van der Waals surface area contributed by atoms with Crippen molar-refractivity contribution in [2.45, 2.75) is 32.7 Å². The molecule has 0 saturated carbocycles. The number of nitrogens with one attached hydrogen (secondary N) is 1. The molecule has 0 bridgehead atoms. The van der Waals surface area contributed by atoms with Crippen molar-refractivity contribution in [3.8, 4) is 0 Å². The van der Waals surface area contributed by atoms with Crippen molar-refractivity contribution in [2.75, 3.05) is 7.05 Å². The van der Waals surface area contributed by atoms with Gasteiger partial charge in [0.2, 0.25) is 0 Å². The summed E-state index contributed by atoms with van der Waals surface area (Å²) >= 11 is 8.90. The molecule has 1 N–H and O–H groups in total. The fraction of sp³-hybridized carbons (Fsp3) is 0.438. The zero-order valence-electron chi connectivity index (χ0n) is 12.9. The molecule has 0 aliphatic rings. The highest BCUT2D eigenvalue weighted by Crippen LogP contribution is 2.29. The second kappa shape index (κ2) is 7.11. The van der Waals surface area contributed by atoms with E-state index in [4.69, 9.17) is 11.6 Å². The van der Waals surface area contributed by atoms with Crippen LogP contribution in [0.1, 0.15) is 35.5 Å². The largest absolute Gasteiger partial charge is 0.313 e. The third-order valence-electron chi connectivity index (χ3n) is 3.85. The van der Waals surface area contributed by atoms with Crippen LogP contribution in [0.2, 0.25) is 5.02 Å². The number of aryl methyl sites for hydroxylation is 3. The molecule has 0 aliphatic heterocycles. The van der Waals surface area contributed by atoms with E-state index in [1.165, 1.54) is 14.7 Å². The maximum atomic E-state index is 6.48. The number of hydrogen-bond acceptors (Lipinski definition) is 2. The molecule has 0 saturated heterocycles. The van der Waals surface area contributed by atoms with Crippen LogP contribution in [-0.4, -0.2) is 16.8 Å². The second-order valence-corrected chi connectivity index (χ2v) is 6.66. The van der Waals surface area contributed by atoms with Gasteiger partial charge in [-0.3, -0.25) is 4.68 Å². The highest BCUT2D eigenvalue weighted by molar-refractivity contribution is 14.1. The summed E-state index contributed by atoms with van der Waals surface area (Å²) in [7, 11) is 3.96. The number of aromatic nitrogens is 2. The van der Waals surface area contributed by atoms with Gasteiger partial charge in [-0.05, 0) is 54.1 Å². The third kappa shape index (κ3) is 3.43. The second-order valence-electron chi connectivity index (χ2n) is 5.21. The summed E-state index contributed by atoms with van der Waals surface area (Å²) in [6.07, 6.45) is 1.69. The smallest absolute Gasteiger partial charge is 0.0850 e. The van der Waals surface area contributed by atoms with Crippen LogP contribution in [0, 0.1) is 10.5 Å². The van der Waals surface area contributed by atoms with Gasteiger partial charge in [0.1, 0.15) is 0 Å². The fourth-order valence-corrected chi connectivity index (χ4v) is 3.65. The van der Waals surface area contributed by atoms with E-state index in [1.54, 1.807) is 0 Å². The fourth-order valence-electron chi connectivity index (χ4n) is 2.54. The zero-order valence-corrected chi connectivity index (χ0v) is 15.8. The van der Waals surface area contributed by atoms with Crippen molar-refractivity contribution in [2.24, 2.45) is 7.05 Å². The Morgan fingerprint density at radius 2 is 2.14 bits per heavy atom. The summed E-state index contributed by atoms with van der Waals surface area (Å²) in [5.74, 6) is 0. The van der Waals surface area contributed by atoms with Crippen molar-refractivity contribution in [3.05, 3.63) is 49.3 Å². The van der Waals surface area contributed by atoms with Crippen LogP contribution >= 0.6 is 34.2 Å². The van der Waals surface area contributed by atoms with E-state index >= 15 is 0 Å². The first-order valence-corrected chi connectivity index (χ1v) is 8.57. The van der Waals surface area contributed by atoms with Crippen LogP contribution in [0.3, 0.4) is 0 Å². The van der Waals surface area contributed by atoms with Crippen LogP contribution < -0.4 is 5.32 Å². The molecule has 21 heavy (non-hydrogen) atoms. The molecule has 1 aromatic carbocycles. The molecular formula is C16H21ClIN3. The predicted octanol–water partition coefficient (Wildman–Crippen LogP) is 4.05. The van der Waals surface area contributed by atoms with Gasteiger partial charge in [-0.25, -0.2) is 0 Å². The maximum Gasteiger partial charge on any atom is 0.0850 e. The maximum absolute atomic E-state index is 6.48. The van der Waals surface area contributed by atoms with E-state index < -0.39 is 0 Å². The van der Waals surface area contributed by atoms with Crippen molar-refractivity contribution < 1.29 is 0 Å². The van der Waals surface area contributed by atoms with Crippen LogP contribution in [0.25, 0.3) is 0 Å². The van der Waals surface area contributed by atoms with E-state index in [1.807, 2.05) is 18.8 Å². The molecule has 0 spiro atoms. The minimum Gasteiger partial charge on any atom is -0.313 e. The summed E-state index contributed by atoms with van der Waals surface area (Å²) < 4.78 is 3.22. The normalized spacial score (nSPS) is 12.7. The number of hydrogen-bond donors (Lipinski definition) is 1. The molecule has 0 amide bonds. The highest BCUT2D eigenvalue weighted by Gasteiger charge is 2.20. The molecule has 1 unspecified atom stereocenters. The SMILES string of the molecule is CCc1nn(C)c(CC(NC)c2cccc(C)c2I)c1Cl. The minimum atomic E-state index is 0.231. The minimum absolute atomic E-state index is 0.231. The number of rotatable bonds is 5. The summed E-state index contributed by atoms with van der Waals surface area (Å²) in [4.78, 5) is 0. The molecular weight excluding hydrogens is 397 g/mol. The molecule has 3 nitrogen and oxygen atoms in total. The quantitative estimate of drug-likeness (QED) is 0.744. The topological polar surface area (TPSA) is 29.9 Å². The Bertz CT molecular complexity index is 637. The van der Waals surface area contributed by atoms with E-state index in [9.17, 15) is 0 Å². The molecule has 1 atom stereocenters. The molecule has 114 valence electrons. The van der Waals surface area contributed by atoms with Gasteiger partial charge in [-0.15, -0.1) is 0 Å². The number of likely N-dealkylation sites (N-methyl/N-ethyl adjacent to an activating group) is 1. The van der Waals surface area contributed by atoms with Gasteiger partial charge in [-0.2, -0.15) is 5.10 Å². The standard InChI is InChI=1S/C16H21ClIN3/c1-5-12-15(17)14(21(4)20-12)9-13(19-3)11-8-6-7-10(2)16(11)18/h6-8,13,19H,5,9H2,1-4H3. The third-order valence-corrected chi connectivity index (χ3v) is 5.76. The Morgan fingerprint density at radius 3 is 2.71 bits per heavy atom. The summed E-state index contributed by atoms with van der Waals surface area (Å²) in [6, 6.07) is 6.67. The molecule has 2 rings (SSSR count).